The van der Waals surface area contributed by atoms with Crippen molar-refractivity contribution in [2.75, 3.05) is 26.2 Å². The molecule has 2 fully saturated rings. The Labute approximate surface area is 127 Å². The average Bonchev–Trinajstić information content (AvgIpc) is 2.51. The molecule has 2 saturated heterocycles. The minimum Gasteiger partial charge on any atom is -0.339 e. The summed E-state index contributed by atoms with van der Waals surface area (Å²) in [5.74, 6) is 0.391. The van der Waals surface area contributed by atoms with E-state index in [1.807, 2.05) is 4.90 Å². The third kappa shape index (κ3) is 2.84. The Hall–Kier alpha value is -1.35. The zero-order chi connectivity index (χ0) is 14.9. The number of carbonyl (C=O) groups excluding carboxylic acids is 1. The summed E-state index contributed by atoms with van der Waals surface area (Å²) in [4.78, 5) is 17.0. The van der Waals surface area contributed by atoms with Gasteiger partial charge in [-0.3, -0.25) is 4.79 Å². The molecule has 1 amide bonds. The van der Waals surface area contributed by atoms with Crippen LogP contribution in [0.1, 0.15) is 32.3 Å². The largest absolute Gasteiger partial charge is 0.339 e. The molecule has 0 N–H and O–H groups in total. The predicted octanol–water partition coefficient (Wildman–Crippen LogP) is 2.56. The smallest absolute Gasteiger partial charge is 0.232 e. The number of benzene rings is 1. The fourth-order valence-electron chi connectivity index (χ4n) is 3.75. The van der Waals surface area contributed by atoms with Crippen molar-refractivity contribution >= 4 is 5.91 Å². The highest BCUT2D eigenvalue weighted by molar-refractivity contribution is 5.89. The molecule has 3 rings (SSSR count). The molecule has 0 radical (unpaired) electrons. The van der Waals surface area contributed by atoms with E-state index in [4.69, 9.17) is 0 Å². The van der Waals surface area contributed by atoms with Crippen molar-refractivity contribution in [2.24, 2.45) is 5.41 Å². The number of nitrogens with zero attached hydrogens (tertiary/aromatic N) is 2. The second-order valence-corrected chi connectivity index (χ2v) is 6.92. The Kier molecular flexibility index (Phi) is 4.03. The number of carbonyl (C=O) groups is 1. The number of likely N-dealkylation sites (tertiary alicyclic amines) is 2. The minimum absolute atomic E-state index is 0.0563. The van der Waals surface area contributed by atoms with E-state index in [2.05, 4.69) is 49.1 Å². The van der Waals surface area contributed by atoms with Gasteiger partial charge in [-0.1, -0.05) is 30.3 Å². The molecule has 0 aromatic heterocycles. The van der Waals surface area contributed by atoms with Gasteiger partial charge in [0, 0.05) is 25.7 Å². The van der Waals surface area contributed by atoms with Gasteiger partial charge in [0.1, 0.15) is 0 Å². The third-order valence-corrected chi connectivity index (χ3v) is 5.03. The van der Waals surface area contributed by atoms with Crippen molar-refractivity contribution in [1.82, 2.24) is 9.80 Å². The standard InChI is InChI=1S/C18H26N2O/c1-15(2)20-14-18(17(20)21)10-6-11-19(13-18)12-9-16-7-4-3-5-8-16/h3-5,7-8,15H,6,9-14H2,1-2H3/t18-/m1/s1. The van der Waals surface area contributed by atoms with E-state index in [0.717, 1.165) is 45.4 Å². The Morgan fingerprint density at radius 2 is 1.95 bits per heavy atom. The van der Waals surface area contributed by atoms with Crippen molar-refractivity contribution in [3.05, 3.63) is 35.9 Å². The van der Waals surface area contributed by atoms with Crippen molar-refractivity contribution in [1.29, 1.82) is 0 Å². The summed E-state index contributed by atoms with van der Waals surface area (Å²) in [6.07, 6.45) is 3.32. The molecule has 0 saturated carbocycles. The van der Waals surface area contributed by atoms with Gasteiger partial charge >= 0.3 is 0 Å². The van der Waals surface area contributed by atoms with Gasteiger partial charge in [-0.25, -0.2) is 0 Å². The van der Waals surface area contributed by atoms with Crippen LogP contribution in [0.15, 0.2) is 30.3 Å². The number of piperidine rings is 1. The number of hydrogen-bond donors (Lipinski definition) is 0. The maximum atomic E-state index is 12.5. The summed E-state index contributed by atoms with van der Waals surface area (Å²) in [7, 11) is 0. The summed E-state index contributed by atoms with van der Waals surface area (Å²) in [6.45, 7) is 8.36. The molecule has 21 heavy (non-hydrogen) atoms. The summed E-state index contributed by atoms with van der Waals surface area (Å²) < 4.78 is 0. The Morgan fingerprint density at radius 3 is 2.62 bits per heavy atom. The summed E-state index contributed by atoms with van der Waals surface area (Å²) in [6, 6.07) is 11.0. The van der Waals surface area contributed by atoms with Gasteiger partial charge in [0.25, 0.3) is 0 Å². The first-order chi connectivity index (χ1) is 10.1. The Bertz CT molecular complexity index is 499. The normalized spacial score (nSPS) is 26.4. The van der Waals surface area contributed by atoms with Crippen LogP contribution in [0, 0.1) is 5.41 Å². The van der Waals surface area contributed by atoms with E-state index in [-0.39, 0.29) is 5.41 Å². The molecule has 0 unspecified atom stereocenters. The second kappa shape index (κ2) is 5.80. The zero-order valence-corrected chi connectivity index (χ0v) is 13.2. The molecular formula is C18H26N2O. The lowest BCUT2D eigenvalue weighted by atomic mass is 9.71. The third-order valence-electron chi connectivity index (χ3n) is 5.03. The van der Waals surface area contributed by atoms with Gasteiger partial charge in [-0.15, -0.1) is 0 Å². The maximum absolute atomic E-state index is 12.5. The Balaban J connectivity index is 1.56. The van der Waals surface area contributed by atoms with Crippen LogP contribution in [0.5, 0.6) is 0 Å². The van der Waals surface area contributed by atoms with E-state index in [9.17, 15) is 4.79 Å². The van der Waals surface area contributed by atoms with E-state index in [1.54, 1.807) is 0 Å². The SMILES string of the molecule is CC(C)N1C[C@]2(CCCN(CCc3ccccc3)C2)C1=O. The topological polar surface area (TPSA) is 23.6 Å². The summed E-state index contributed by atoms with van der Waals surface area (Å²) >= 11 is 0. The van der Waals surface area contributed by atoms with Gasteiger partial charge in [0.2, 0.25) is 5.91 Å². The molecule has 3 heteroatoms. The fourth-order valence-corrected chi connectivity index (χ4v) is 3.75. The zero-order valence-electron chi connectivity index (χ0n) is 13.2. The van der Waals surface area contributed by atoms with E-state index >= 15 is 0 Å². The molecule has 1 aromatic rings. The lowest BCUT2D eigenvalue weighted by molar-refractivity contribution is -0.169. The van der Waals surface area contributed by atoms with Gasteiger partial charge in [0.15, 0.2) is 0 Å². The molecule has 0 aliphatic carbocycles. The van der Waals surface area contributed by atoms with Gasteiger partial charge in [-0.05, 0) is 45.2 Å². The Morgan fingerprint density at radius 1 is 1.19 bits per heavy atom. The molecule has 0 bridgehead atoms. The van der Waals surface area contributed by atoms with Gasteiger partial charge in [-0.2, -0.15) is 0 Å². The molecule has 2 heterocycles. The molecular weight excluding hydrogens is 260 g/mol. The highest BCUT2D eigenvalue weighted by Gasteiger charge is 2.54. The van der Waals surface area contributed by atoms with Crippen LogP contribution in [0.4, 0.5) is 0 Å². The molecule has 114 valence electrons. The maximum Gasteiger partial charge on any atom is 0.232 e. The van der Waals surface area contributed by atoms with Crippen LogP contribution in [-0.4, -0.2) is 47.9 Å². The monoisotopic (exact) mass is 286 g/mol. The number of hydrogen-bond acceptors (Lipinski definition) is 2. The van der Waals surface area contributed by atoms with Crippen LogP contribution in [0.25, 0.3) is 0 Å². The molecule has 1 atom stereocenters. The van der Waals surface area contributed by atoms with Crippen molar-refractivity contribution in [3.63, 3.8) is 0 Å². The highest BCUT2D eigenvalue weighted by atomic mass is 16.2. The summed E-state index contributed by atoms with van der Waals surface area (Å²) in [5.41, 5.74) is 1.33. The van der Waals surface area contributed by atoms with Crippen molar-refractivity contribution < 1.29 is 4.79 Å². The van der Waals surface area contributed by atoms with Crippen LogP contribution < -0.4 is 0 Å². The van der Waals surface area contributed by atoms with Crippen LogP contribution in [0.3, 0.4) is 0 Å². The van der Waals surface area contributed by atoms with E-state index < -0.39 is 0 Å². The molecule has 1 spiro atoms. The lowest BCUT2D eigenvalue weighted by Crippen LogP contribution is -2.68. The van der Waals surface area contributed by atoms with Crippen LogP contribution in [0.2, 0.25) is 0 Å². The quantitative estimate of drug-likeness (QED) is 0.794. The van der Waals surface area contributed by atoms with Crippen LogP contribution in [-0.2, 0) is 11.2 Å². The molecule has 2 aliphatic rings. The fraction of sp³-hybridized carbons (Fsp3) is 0.611. The lowest BCUT2D eigenvalue weighted by Gasteiger charge is -2.54. The molecule has 2 aliphatic heterocycles. The highest BCUT2D eigenvalue weighted by Crippen LogP contribution is 2.41. The first-order valence-electron chi connectivity index (χ1n) is 8.18. The van der Waals surface area contributed by atoms with Crippen molar-refractivity contribution in [3.8, 4) is 0 Å². The first kappa shape index (κ1) is 14.6. The van der Waals surface area contributed by atoms with E-state index in [1.165, 1.54) is 5.56 Å². The number of amides is 1. The first-order valence-corrected chi connectivity index (χ1v) is 8.18. The number of rotatable bonds is 4. The summed E-state index contributed by atoms with van der Waals surface area (Å²) in [5, 5.41) is 0. The van der Waals surface area contributed by atoms with Gasteiger partial charge < -0.3 is 9.80 Å². The molecule has 3 nitrogen and oxygen atoms in total. The van der Waals surface area contributed by atoms with Crippen LogP contribution >= 0.6 is 0 Å². The predicted molar refractivity (Wildman–Crippen MR) is 85.1 cm³/mol. The average molecular weight is 286 g/mol. The number of β-lactam (4-membered cyclic amide) rings is 1. The second-order valence-electron chi connectivity index (χ2n) is 6.92. The van der Waals surface area contributed by atoms with E-state index in [0.29, 0.717) is 11.9 Å². The molecule has 1 aromatic carbocycles. The van der Waals surface area contributed by atoms with Gasteiger partial charge in [0.05, 0.1) is 5.41 Å². The minimum atomic E-state index is -0.0563. The van der Waals surface area contributed by atoms with Crippen molar-refractivity contribution in [2.45, 2.75) is 39.2 Å².